The van der Waals surface area contributed by atoms with Gasteiger partial charge in [-0.2, -0.15) is 0 Å². The minimum Gasteiger partial charge on any atom is -0.497 e. The van der Waals surface area contributed by atoms with E-state index in [1.165, 1.54) is 27.8 Å². The van der Waals surface area contributed by atoms with Crippen LogP contribution in [0.2, 0.25) is 0 Å². The van der Waals surface area contributed by atoms with Crippen LogP contribution in [0.15, 0.2) is 41.3 Å². The zero-order valence-corrected chi connectivity index (χ0v) is 17.6. The van der Waals surface area contributed by atoms with Crippen molar-refractivity contribution in [2.45, 2.75) is 20.8 Å². The Balaban J connectivity index is 2.04. The van der Waals surface area contributed by atoms with Gasteiger partial charge in [0, 0.05) is 6.07 Å². The molecule has 1 aliphatic rings. The SMILES string of the molecule is COc1ccc(N2C(=O)/C(=C(\C)c3ccc(C)c(C)c3)SC2=S)c(OC)c1. The summed E-state index contributed by atoms with van der Waals surface area (Å²) >= 11 is 6.83. The van der Waals surface area contributed by atoms with Gasteiger partial charge in [0.2, 0.25) is 0 Å². The van der Waals surface area contributed by atoms with Crippen molar-refractivity contribution in [3.63, 3.8) is 0 Å². The van der Waals surface area contributed by atoms with Crippen molar-refractivity contribution in [2.75, 3.05) is 19.1 Å². The topological polar surface area (TPSA) is 38.8 Å². The normalized spacial score (nSPS) is 16.0. The van der Waals surface area contributed by atoms with E-state index >= 15 is 0 Å². The summed E-state index contributed by atoms with van der Waals surface area (Å²) in [4.78, 5) is 15.3. The van der Waals surface area contributed by atoms with E-state index in [2.05, 4.69) is 26.0 Å². The number of anilines is 1. The van der Waals surface area contributed by atoms with Crippen LogP contribution in [0.5, 0.6) is 11.5 Å². The summed E-state index contributed by atoms with van der Waals surface area (Å²) in [5.74, 6) is 1.06. The molecular weight excluding hydrogens is 378 g/mol. The fourth-order valence-electron chi connectivity index (χ4n) is 2.88. The molecule has 0 spiro atoms. The van der Waals surface area contributed by atoms with Crippen LogP contribution in [0.3, 0.4) is 0 Å². The van der Waals surface area contributed by atoms with Gasteiger partial charge in [-0.15, -0.1) is 0 Å². The van der Waals surface area contributed by atoms with Gasteiger partial charge in [0.15, 0.2) is 4.32 Å². The quantitative estimate of drug-likeness (QED) is 0.527. The van der Waals surface area contributed by atoms with Crippen LogP contribution in [0.4, 0.5) is 5.69 Å². The Morgan fingerprint density at radius 2 is 1.78 bits per heavy atom. The van der Waals surface area contributed by atoms with Crippen molar-refractivity contribution in [3.8, 4) is 11.5 Å². The fourth-order valence-corrected chi connectivity index (χ4v) is 4.21. The molecule has 0 N–H and O–H groups in total. The first kappa shape index (κ1) is 19.5. The summed E-state index contributed by atoms with van der Waals surface area (Å²) in [6, 6.07) is 11.5. The van der Waals surface area contributed by atoms with E-state index in [1.807, 2.05) is 13.0 Å². The highest BCUT2D eigenvalue weighted by Crippen LogP contribution is 2.43. The maximum absolute atomic E-state index is 13.2. The number of amides is 1. The van der Waals surface area contributed by atoms with Gasteiger partial charge in [-0.3, -0.25) is 9.69 Å². The van der Waals surface area contributed by atoms with Crippen molar-refractivity contribution in [3.05, 3.63) is 58.0 Å². The second-order valence-corrected chi connectivity index (χ2v) is 7.94. The van der Waals surface area contributed by atoms with Crippen LogP contribution in [-0.4, -0.2) is 24.4 Å². The lowest BCUT2D eigenvalue weighted by Crippen LogP contribution is -2.28. The molecule has 1 aliphatic heterocycles. The van der Waals surface area contributed by atoms with Gasteiger partial charge < -0.3 is 9.47 Å². The van der Waals surface area contributed by atoms with Crippen LogP contribution in [0, 0.1) is 13.8 Å². The average Bonchev–Trinajstić information content (AvgIpc) is 2.96. The summed E-state index contributed by atoms with van der Waals surface area (Å²) < 4.78 is 11.2. The maximum Gasteiger partial charge on any atom is 0.271 e. The first-order valence-electron chi connectivity index (χ1n) is 8.44. The molecule has 1 fully saturated rings. The zero-order chi connectivity index (χ0) is 19.7. The predicted molar refractivity (Wildman–Crippen MR) is 116 cm³/mol. The van der Waals surface area contributed by atoms with Crippen molar-refractivity contribution in [2.24, 2.45) is 0 Å². The molecule has 2 aromatic carbocycles. The Morgan fingerprint density at radius 1 is 1.04 bits per heavy atom. The summed E-state index contributed by atoms with van der Waals surface area (Å²) in [7, 11) is 3.15. The van der Waals surface area contributed by atoms with Crippen LogP contribution >= 0.6 is 24.0 Å². The molecule has 0 radical (unpaired) electrons. The number of methoxy groups -OCH3 is 2. The molecule has 0 bridgehead atoms. The van der Waals surface area contributed by atoms with Crippen molar-refractivity contribution in [1.82, 2.24) is 0 Å². The molecule has 4 nitrogen and oxygen atoms in total. The van der Waals surface area contributed by atoms with Gasteiger partial charge in [-0.1, -0.05) is 42.2 Å². The molecule has 3 rings (SSSR count). The summed E-state index contributed by atoms with van der Waals surface area (Å²) in [6.07, 6.45) is 0. The van der Waals surface area contributed by atoms with Crippen molar-refractivity contribution < 1.29 is 14.3 Å². The Bertz CT molecular complexity index is 966. The van der Waals surface area contributed by atoms with Gasteiger partial charge in [-0.05, 0) is 55.2 Å². The molecule has 1 saturated heterocycles. The Morgan fingerprint density at radius 3 is 2.41 bits per heavy atom. The van der Waals surface area contributed by atoms with Gasteiger partial charge in [-0.25, -0.2) is 0 Å². The largest absolute Gasteiger partial charge is 0.497 e. The highest BCUT2D eigenvalue weighted by molar-refractivity contribution is 8.27. The molecule has 0 aromatic heterocycles. The van der Waals surface area contributed by atoms with E-state index in [0.29, 0.717) is 26.4 Å². The molecule has 1 amide bonds. The minimum absolute atomic E-state index is 0.135. The van der Waals surface area contributed by atoms with E-state index in [-0.39, 0.29) is 5.91 Å². The summed E-state index contributed by atoms with van der Waals surface area (Å²) in [5.41, 5.74) is 4.98. The number of ether oxygens (including phenoxy) is 2. The first-order chi connectivity index (χ1) is 12.9. The Hall–Kier alpha value is -2.31. The van der Waals surface area contributed by atoms with Crippen LogP contribution in [-0.2, 0) is 4.79 Å². The zero-order valence-electron chi connectivity index (χ0n) is 16.0. The third-order valence-electron chi connectivity index (χ3n) is 4.68. The Labute approximate surface area is 169 Å². The number of thioether (sulfide) groups is 1. The molecule has 0 atom stereocenters. The third kappa shape index (κ3) is 3.59. The van der Waals surface area contributed by atoms with E-state index in [1.54, 1.807) is 32.4 Å². The molecule has 27 heavy (non-hydrogen) atoms. The second-order valence-electron chi connectivity index (χ2n) is 6.30. The number of hydrogen-bond donors (Lipinski definition) is 0. The van der Waals surface area contributed by atoms with Gasteiger partial charge in [0.1, 0.15) is 11.5 Å². The first-order valence-corrected chi connectivity index (χ1v) is 9.66. The van der Waals surface area contributed by atoms with Crippen LogP contribution in [0.25, 0.3) is 5.57 Å². The lowest BCUT2D eigenvalue weighted by molar-refractivity contribution is -0.113. The van der Waals surface area contributed by atoms with E-state index < -0.39 is 0 Å². The van der Waals surface area contributed by atoms with Crippen LogP contribution < -0.4 is 14.4 Å². The molecular formula is C21H21NO3S2. The highest BCUT2D eigenvalue weighted by atomic mass is 32.2. The van der Waals surface area contributed by atoms with Gasteiger partial charge >= 0.3 is 0 Å². The predicted octanol–water partition coefficient (Wildman–Crippen LogP) is 5.12. The standard InChI is InChI=1S/C21H21NO3S2/c1-12-6-7-15(10-13(12)2)14(3)19-20(23)22(21(26)27-19)17-9-8-16(24-4)11-18(17)25-5/h6-11H,1-5H3/b19-14-. The third-order valence-corrected chi connectivity index (χ3v) is 6.15. The van der Waals surface area contributed by atoms with E-state index in [4.69, 9.17) is 21.7 Å². The number of carbonyl (C=O) groups is 1. The number of carbonyl (C=O) groups excluding carboxylic acids is 1. The lowest BCUT2D eigenvalue weighted by atomic mass is 10.0. The van der Waals surface area contributed by atoms with Crippen LogP contribution in [0.1, 0.15) is 23.6 Å². The number of aryl methyl sites for hydroxylation is 2. The van der Waals surface area contributed by atoms with Gasteiger partial charge in [0.25, 0.3) is 5.91 Å². The second kappa shape index (κ2) is 7.74. The number of nitrogens with zero attached hydrogens (tertiary/aromatic N) is 1. The highest BCUT2D eigenvalue weighted by Gasteiger charge is 2.36. The molecule has 0 aliphatic carbocycles. The number of benzene rings is 2. The lowest BCUT2D eigenvalue weighted by Gasteiger charge is -2.18. The van der Waals surface area contributed by atoms with E-state index in [0.717, 1.165) is 11.1 Å². The number of rotatable bonds is 4. The molecule has 0 saturated carbocycles. The fraction of sp³-hybridized carbons (Fsp3) is 0.238. The maximum atomic E-state index is 13.2. The van der Waals surface area contributed by atoms with E-state index in [9.17, 15) is 4.79 Å². The number of thiocarbonyl (C=S) groups is 1. The Kier molecular flexibility index (Phi) is 5.58. The van der Waals surface area contributed by atoms with Gasteiger partial charge in [0.05, 0.1) is 24.8 Å². The molecule has 140 valence electrons. The summed E-state index contributed by atoms with van der Waals surface area (Å²) in [5, 5.41) is 0. The molecule has 1 heterocycles. The van der Waals surface area contributed by atoms with Crippen molar-refractivity contribution >= 4 is 45.5 Å². The van der Waals surface area contributed by atoms with Crippen molar-refractivity contribution in [1.29, 1.82) is 0 Å². The number of hydrogen-bond acceptors (Lipinski definition) is 5. The smallest absolute Gasteiger partial charge is 0.271 e. The summed E-state index contributed by atoms with van der Waals surface area (Å²) in [6.45, 7) is 6.10. The molecule has 2 aromatic rings. The average molecular weight is 400 g/mol. The monoisotopic (exact) mass is 399 g/mol. The molecule has 6 heteroatoms. The molecule has 0 unspecified atom stereocenters. The number of allylic oxidation sites excluding steroid dienone is 1. The minimum atomic E-state index is -0.135.